The van der Waals surface area contributed by atoms with E-state index in [0.29, 0.717) is 18.8 Å². The van der Waals surface area contributed by atoms with Crippen LogP contribution < -0.4 is 0 Å². The maximum Gasteiger partial charge on any atom is 0.233 e. The van der Waals surface area contributed by atoms with Crippen molar-refractivity contribution in [3.8, 4) is 11.4 Å². The lowest BCUT2D eigenvalue weighted by atomic mass is 10.1. The summed E-state index contributed by atoms with van der Waals surface area (Å²) in [5, 5.41) is 11.3. The molecule has 3 aromatic rings. The lowest BCUT2D eigenvalue weighted by Gasteiger charge is -2.20. The van der Waals surface area contributed by atoms with Crippen molar-refractivity contribution in [1.29, 1.82) is 0 Å². The summed E-state index contributed by atoms with van der Waals surface area (Å²) in [4.78, 5) is 15.7. The summed E-state index contributed by atoms with van der Waals surface area (Å²) in [6.45, 7) is 6.96. The van der Waals surface area contributed by atoms with Crippen LogP contribution in [0.2, 0.25) is 0 Å². The van der Waals surface area contributed by atoms with Gasteiger partial charge >= 0.3 is 0 Å². The number of carbonyl (C=O) groups excluding carboxylic acids is 1. The summed E-state index contributed by atoms with van der Waals surface area (Å²) in [5.74, 6) is 1.19. The van der Waals surface area contributed by atoms with Crippen molar-refractivity contribution in [2.75, 3.05) is 12.3 Å². The smallest absolute Gasteiger partial charge is 0.233 e. The van der Waals surface area contributed by atoms with Crippen LogP contribution >= 0.6 is 23.1 Å². The van der Waals surface area contributed by atoms with E-state index >= 15 is 0 Å². The number of hydrogen-bond donors (Lipinski definition) is 0. The number of amides is 1. The van der Waals surface area contributed by atoms with Crippen molar-refractivity contribution in [2.24, 2.45) is 7.05 Å². The number of nitrogens with zero attached hydrogens (tertiary/aromatic N) is 4. The van der Waals surface area contributed by atoms with Crippen molar-refractivity contribution < 1.29 is 4.79 Å². The summed E-state index contributed by atoms with van der Waals surface area (Å²) in [6, 6.07) is 12.1. The van der Waals surface area contributed by atoms with Crippen LogP contribution in [0.4, 0.5) is 0 Å². The predicted molar refractivity (Wildman–Crippen MR) is 112 cm³/mol. The zero-order valence-corrected chi connectivity index (χ0v) is 17.1. The Hall–Kier alpha value is -2.38. The van der Waals surface area contributed by atoms with Gasteiger partial charge in [0.15, 0.2) is 11.0 Å². The van der Waals surface area contributed by atoms with E-state index in [2.05, 4.69) is 29.8 Å². The van der Waals surface area contributed by atoms with Crippen LogP contribution in [0.3, 0.4) is 0 Å². The molecule has 140 valence electrons. The first-order valence-corrected chi connectivity index (χ1v) is 10.5. The number of aromatic nitrogens is 3. The molecule has 0 unspecified atom stereocenters. The van der Waals surface area contributed by atoms with Crippen LogP contribution in [-0.2, 0) is 18.4 Å². The number of carbonyl (C=O) groups is 1. The molecule has 0 saturated heterocycles. The minimum atomic E-state index is 0.0636. The minimum Gasteiger partial charge on any atom is -0.333 e. The van der Waals surface area contributed by atoms with Crippen molar-refractivity contribution in [3.05, 3.63) is 64.9 Å². The van der Waals surface area contributed by atoms with Gasteiger partial charge in [0.05, 0.1) is 12.3 Å². The second kappa shape index (κ2) is 9.01. The molecule has 2 aromatic heterocycles. The number of aryl methyl sites for hydroxylation is 1. The fourth-order valence-corrected chi connectivity index (χ4v) is 4.25. The Balaban J connectivity index is 1.68. The minimum absolute atomic E-state index is 0.0636. The van der Waals surface area contributed by atoms with Crippen LogP contribution in [0.25, 0.3) is 11.4 Å². The van der Waals surface area contributed by atoms with Gasteiger partial charge in [-0.15, -0.1) is 28.1 Å². The van der Waals surface area contributed by atoms with Crippen LogP contribution in [0.5, 0.6) is 0 Å². The average Bonchev–Trinajstić information content (AvgIpc) is 3.30. The van der Waals surface area contributed by atoms with Gasteiger partial charge in [-0.25, -0.2) is 0 Å². The van der Waals surface area contributed by atoms with Crippen molar-refractivity contribution in [2.45, 2.75) is 18.6 Å². The highest BCUT2D eigenvalue weighted by molar-refractivity contribution is 7.99. The average molecular weight is 399 g/mol. The molecule has 0 aliphatic carbocycles. The third-order valence-corrected chi connectivity index (χ3v) is 6.04. The van der Waals surface area contributed by atoms with Crippen LogP contribution in [0.1, 0.15) is 10.4 Å². The maximum absolute atomic E-state index is 12.7. The van der Waals surface area contributed by atoms with E-state index in [1.165, 1.54) is 11.8 Å². The molecule has 27 heavy (non-hydrogen) atoms. The summed E-state index contributed by atoms with van der Waals surface area (Å²) in [7, 11) is 1.93. The van der Waals surface area contributed by atoms with E-state index < -0.39 is 0 Å². The van der Waals surface area contributed by atoms with Gasteiger partial charge < -0.3 is 9.47 Å². The van der Waals surface area contributed by atoms with Gasteiger partial charge in [-0.1, -0.05) is 48.2 Å². The fourth-order valence-electron chi connectivity index (χ4n) is 2.72. The van der Waals surface area contributed by atoms with Gasteiger partial charge in [-0.3, -0.25) is 4.79 Å². The van der Waals surface area contributed by atoms with Crippen LogP contribution in [0.15, 0.2) is 59.6 Å². The maximum atomic E-state index is 12.7. The Morgan fingerprint density at radius 3 is 2.81 bits per heavy atom. The quantitative estimate of drug-likeness (QED) is 0.422. The molecule has 0 fully saturated rings. The Morgan fingerprint density at radius 2 is 2.11 bits per heavy atom. The van der Waals surface area contributed by atoms with E-state index in [0.717, 1.165) is 27.0 Å². The topological polar surface area (TPSA) is 51.0 Å². The summed E-state index contributed by atoms with van der Waals surface area (Å²) >= 11 is 3.06. The number of thioether (sulfide) groups is 1. The first-order valence-electron chi connectivity index (χ1n) is 8.59. The Morgan fingerprint density at radius 1 is 1.30 bits per heavy atom. The highest BCUT2D eigenvalue weighted by Crippen LogP contribution is 2.25. The molecule has 2 heterocycles. The second-order valence-corrected chi connectivity index (χ2v) is 8.09. The van der Waals surface area contributed by atoms with E-state index in [9.17, 15) is 4.79 Å². The van der Waals surface area contributed by atoms with Crippen LogP contribution in [0, 0.1) is 6.92 Å². The largest absolute Gasteiger partial charge is 0.333 e. The lowest BCUT2D eigenvalue weighted by molar-refractivity contribution is -0.128. The van der Waals surface area contributed by atoms with Gasteiger partial charge in [0, 0.05) is 24.0 Å². The number of rotatable bonds is 8. The summed E-state index contributed by atoms with van der Waals surface area (Å²) < 4.78 is 1.94. The van der Waals surface area contributed by atoms with Gasteiger partial charge in [0.2, 0.25) is 5.91 Å². The molecule has 7 heteroatoms. The molecule has 0 aliphatic rings. The summed E-state index contributed by atoms with van der Waals surface area (Å²) in [6.07, 6.45) is 1.76. The monoisotopic (exact) mass is 398 g/mol. The molecule has 0 radical (unpaired) electrons. The summed E-state index contributed by atoms with van der Waals surface area (Å²) in [5.41, 5.74) is 2.20. The molecule has 5 nitrogen and oxygen atoms in total. The predicted octanol–water partition coefficient (Wildman–Crippen LogP) is 4.16. The zero-order chi connectivity index (χ0) is 19.2. The molecule has 0 spiro atoms. The van der Waals surface area contributed by atoms with Crippen molar-refractivity contribution in [1.82, 2.24) is 19.7 Å². The zero-order valence-electron chi connectivity index (χ0n) is 15.5. The normalized spacial score (nSPS) is 10.7. The van der Waals surface area contributed by atoms with Crippen molar-refractivity contribution >= 4 is 29.0 Å². The molecule has 0 aliphatic heterocycles. The van der Waals surface area contributed by atoms with Gasteiger partial charge in [0.1, 0.15) is 0 Å². The lowest BCUT2D eigenvalue weighted by Crippen LogP contribution is -2.31. The second-order valence-electron chi connectivity index (χ2n) is 6.11. The molecule has 0 atom stereocenters. The van der Waals surface area contributed by atoms with Gasteiger partial charge in [0.25, 0.3) is 0 Å². The Bertz CT molecular complexity index is 918. The molecular formula is C20H22N4OS2. The molecule has 1 amide bonds. The fraction of sp³-hybridized carbons (Fsp3) is 0.250. The van der Waals surface area contributed by atoms with Gasteiger partial charge in [-0.05, 0) is 23.9 Å². The van der Waals surface area contributed by atoms with Crippen molar-refractivity contribution in [3.63, 3.8) is 0 Å². The third-order valence-electron chi connectivity index (χ3n) is 4.17. The van der Waals surface area contributed by atoms with E-state index in [-0.39, 0.29) is 5.91 Å². The van der Waals surface area contributed by atoms with Crippen LogP contribution in [-0.4, -0.2) is 37.9 Å². The first kappa shape index (κ1) is 19.4. The molecule has 3 rings (SSSR count). The SMILES string of the molecule is C=CCN(Cc1cccs1)C(=O)CSc1nnc(-c2ccccc2C)n1C. The Kier molecular flexibility index (Phi) is 6.47. The molecule has 0 saturated carbocycles. The number of thiophene rings is 1. The molecule has 0 bridgehead atoms. The first-order chi connectivity index (χ1) is 13.1. The number of benzene rings is 1. The third kappa shape index (κ3) is 4.67. The van der Waals surface area contributed by atoms with Gasteiger partial charge in [-0.2, -0.15) is 0 Å². The number of hydrogen-bond acceptors (Lipinski definition) is 5. The standard InChI is InChI=1S/C20H22N4OS2/c1-4-11-24(13-16-9-7-12-26-16)18(25)14-27-20-22-21-19(23(20)3)17-10-6-5-8-15(17)2/h4-10,12H,1,11,13-14H2,2-3H3. The van der Waals surface area contributed by atoms with E-state index in [1.807, 2.05) is 52.2 Å². The molecule has 1 aromatic carbocycles. The Labute approximate surface area is 167 Å². The molecular weight excluding hydrogens is 376 g/mol. The highest BCUT2D eigenvalue weighted by atomic mass is 32.2. The molecule has 0 N–H and O–H groups in total. The van der Waals surface area contributed by atoms with E-state index in [1.54, 1.807) is 17.4 Å². The highest BCUT2D eigenvalue weighted by Gasteiger charge is 2.17. The van der Waals surface area contributed by atoms with E-state index in [4.69, 9.17) is 0 Å².